The number of carbonyl (C=O) groups excluding carboxylic acids is 1. The second kappa shape index (κ2) is 4.28. The first-order valence-electron chi connectivity index (χ1n) is 4.69. The summed E-state index contributed by atoms with van der Waals surface area (Å²) in [5.74, 6) is -0.0141. The fourth-order valence-corrected chi connectivity index (χ4v) is 1.04. The maximum Gasteiger partial charge on any atom is 0.238 e. The molecule has 4 heteroatoms. The molecule has 1 aromatic rings. The molecule has 14 heavy (non-hydrogen) atoms. The van der Waals surface area contributed by atoms with Crippen LogP contribution in [0.5, 0.6) is 0 Å². The van der Waals surface area contributed by atoms with Gasteiger partial charge in [-0.05, 0) is 32.4 Å². The Morgan fingerprint density at radius 1 is 1.43 bits per heavy atom. The number of hydrogen-bond donors (Lipinski definition) is 2. The summed E-state index contributed by atoms with van der Waals surface area (Å²) in [5.41, 5.74) is 8.20. The molecule has 0 saturated carbocycles. The second-order valence-electron chi connectivity index (χ2n) is 4.11. The van der Waals surface area contributed by atoms with Crippen LogP contribution in [0.2, 0.25) is 0 Å². The molecule has 0 saturated heterocycles. The normalized spacial score (nSPS) is 11.4. The van der Waals surface area contributed by atoms with Gasteiger partial charge in [0.1, 0.15) is 0 Å². The third kappa shape index (κ3) is 4.09. The van der Waals surface area contributed by atoms with E-state index < -0.39 is 0 Å². The van der Waals surface area contributed by atoms with Gasteiger partial charge in [-0.2, -0.15) is 0 Å². The highest BCUT2D eigenvalue weighted by molar-refractivity contribution is 5.83. The van der Waals surface area contributed by atoms with Crippen LogP contribution in [0.4, 0.5) is 0 Å². The lowest BCUT2D eigenvalue weighted by Crippen LogP contribution is -2.33. The van der Waals surface area contributed by atoms with Crippen LogP contribution in [0.1, 0.15) is 26.7 Å². The predicted molar refractivity (Wildman–Crippen MR) is 56.3 cm³/mol. The molecule has 0 aliphatic carbocycles. The maximum atomic E-state index is 11.4. The van der Waals surface area contributed by atoms with Crippen molar-refractivity contribution in [2.45, 2.75) is 32.2 Å². The fourth-order valence-electron chi connectivity index (χ4n) is 1.04. The van der Waals surface area contributed by atoms with Gasteiger partial charge in [-0.25, -0.2) is 0 Å². The summed E-state index contributed by atoms with van der Waals surface area (Å²) in [5, 5.41) is 0. The Bertz CT molecular complexity index is 285. The number of amides is 1. The Morgan fingerprint density at radius 3 is 2.50 bits per heavy atom. The molecule has 0 bridgehead atoms. The van der Waals surface area contributed by atoms with E-state index in [1.807, 2.05) is 26.0 Å². The Balaban J connectivity index is 2.30. The van der Waals surface area contributed by atoms with Crippen LogP contribution in [0.3, 0.4) is 0 Å². The van der Waals surface area contributed by atoms with Crippen LogP contribution in [0.25, 0.3) is 0 Å². The van der Waals surface area contributed by atoms with E-state index in [2.05, 4.69) is 5.43 Å². The molecule has 0 fully saturated rings. The van der Waals surface area contributed by atoms with Gasteiger partial charge in [-0.1, -0.05) is 0 Å². The second-order valence-corrected chi connectivity index (χ2v) is 4.11. The van der Waals surface area contributed by atoms with Crippen molar-refractivity contribution in [2.75, 3.05) is 5.43 Å². The Labute approximate surface area is 84.1 Å². The number of aromatic nitrogens is 1. The monoisotopic (exact) mass is 195 g/mol. The third-order valence-electron chi connectivity index (χ3n) is 1.85. The van der Waals surface area contributed by atoms with E-state index in [0.29, 0.717) is 12.8 Å². The minimum absolute atomic E-state index is 0.0141. The lowest BCUT2D eigenvalue weighted by molar-refractivity contribution is -0.117. The van der Waals surface area contributed by atoms with Crippen molar-refractivity contribution in [3.05, 3.63) is 24.5 Å². The minimum Gasteiger partial charge on any atom is -0.326 e. The quantitative estimate of drug-likeness (QED) is 0.755. The van der Waals surface area contributed by atoms with Gasteiger partial charge in [-0.3, -0.25) is 14.9 Å². The molecule has 0 unspecified atom stereocenters. The summed E-state index contributed by atoms with van der Waals surface area (Å²) in [4.78, 5) is 11.4. The molecular weight excluding hydrogens is 178 g/mol. The van der Waals surface area contributed by atoms with E-state index in [1.165, 1.54) is 0 Å². The molecule has 1 rings (SSSR count). The smallest absolute Gasteiger partial charge is 0.238 e. The molecule has 0 spiro atoms. The van der Waals surface area contributed by atoms with Gasteiger partial charge in [0.2, 0.25) is 5.91 Å². The molecule has 78 valence electrons. The highest BCUT2D eigenvalue weighted by Crippen LogP contribution is 2.06. The molecule has 1 heterocycles. The zero-order valence-corrected chi connectivity index (χ0v) is 8.66. The highest BCUT2D eigenvalue weighted by Gasteiger charge is 2.12. The Kier molecular flexibility index (Phi) is 3.30. The molecule has 3 N–H and O–H groups in total. The number of nitrogens with two attached hydrogens (primary N) is 1. The van der Waals surface area contributed by atoms with E-state index in [0.717, 1.165) is 0 Å². The number of nitrogens with zero attached hydrogens (tertiary/aromatic N) is 1. The van der Waals surface area contributed by atoms with Crippen molar-refractivity contribution in [1.29, 1.82) is 0 Å². The van der Waals surface area contributed by atoms with E-state index in [4.69, 9.17) is 5.73 Å². The summed E-state index contributed by atoms with van der Waals surface area (Å²) >= 11 is 0. The van der Waals surface area contributed by atoms with Gasteiger partial charge in [0.15, 0.2) is 0 Å². The first-order chi connectivity index (χ1) is 6.47. The first kappa shape index (κ1) is 10.8. The summed E-state index contributed by atoms with van der Waals surface area (Å²) in [7, 11) is 0. The Hall–Kier alpha value is -1.29. The molecule has 1 aromatic heterocycles. The largest absolute Gasteiger partial charge is 0.326 e. The summed E-state index contributed by atoms with van der Waals surface area (Å²) in [6.45, 7) is 3.83. The molecule has 0 aromatic carbocycles. The van der Waals surface area contributed by atoms with Gasteiger partial charge in [0.25, 0.3) is 0 Å². The van der Waals surface area contributed by atoms with Gasteiger partial charge in [-0.15, -0.1) is 0 Å². The Morgan fingerprint density at radius 2 is 2.00 bits per heavy atom. The van der Waals surface area contributed by atoms with E-state index in [-0.39, 0.29) is 11.4 Å². The number of carbonyl (C=O) groups is 1. The van der Waals surface area contributed by atoms with Gasteiger partial charge in [0.05, 0.1) is 0 Å². The van der Waals surface area contributed by atoms with Crippen molar-refractivity contribution in [1.82, 2.24) is 4.68 Å². The lowest BCUT2D eigenvalue weighted by atomic mass is 10.0. The molecule has 0 atom stereocenters. The van der Waals surface area contributed by atoms with Crippen LogP contribution in [0, 0.1) is 0 Å². The van der Waals surface area contributed by atoms with Gasteiger partial charge >= 0.3 is 0 Å². The number of rotatable bonds is 4. The van der Waals surface area contributed by atoms with Crippen LogP contribution in [0.15, 0.2) is 24.5 Å². The van der Waals surface area contributed by atoms with Crippen molar-refractivity contribution < 1.29 is 4.79 Å². The average Bonchev–Trinajstić information content (AvgIpc) is 2.52. The topological polar surface area (TPSA) is 60.1 Å². The van der Waals surface area contributed by atoms with Gasteiger partial charge < -0.3 is 5.73 Å². The summed E-state index contributed by atoms with van der Waals surface area (Å²) < 4.78 is 1.63. The first-order valence-corrected chi connectivity index (χ1v) is 4.69. The predicted octanol–water partition coefficient (Wildman–Crippen LogP) is 1.08. The number of nitrogens with one attached hydrogen (secondary N) is 1. The lowest BCUT2D eigenvalue weighted by Gasteiger charge is -2.17. The molecule has 0 radical (unpaired) electrons. The van der Waals surface area contributed by atoms with Crippen molar-refractivity contribution in [3.8, 4) is 0 Å². The molecular formula is C10H17N3O. The van der Waals surface area contributed by atoms with E-state index >= 15 is 0 Å². The minimum atomic E-state index is -0.284. The van der Waals surface area contributed by atoms with E-state index in [1.54, 1.807) is 17.1 Å². The average molecular weight is 195 g/mol. The van der Waals surface area contributed by atoms with Crippen LogP contribution in [-0.4, -0.2) is 16.1 Å². The standard InChI is InChI=1S/C10H17N3O/c1-10(2,11)6-5-9(14)12-13-7-3-4-8-13/h3-4,7-8H,5-6,11H2,1-2H3,(H,12,14). The zero-order chi connectivity index (χ0) is 10.6. The highest BCUT2D eigenvalue weighted by atomic mass is 16.2. The zero-order valence-electron chi connectivity index (χ0n) is 8.66. The maximum absolute atomic E-state index is 11.4. The molecule has 1 amide bonds. The molecule has 0 aliphatic rings. The summed E-state index contributed by atoms with van der Waals surface area (Å²) in [6, 6.07) is 3.71. The van der Waals surface area contributed by atoms with E-state index in [9.17, 15) is 4.79 Å². The van der Waals surface area contributed by atoms with Crippen molar-refractivity contribution in [2.24, 2.45) is 5.73 Å². The van der Waals surface area contributed by atoms with Crippen molar-refractivity contribution >= 4 is 5.91 Å². The SMILES string of the molecule is CC(C)(N)CCC(=O)Nn1cccc1. The van der Waals surface area contributed by atoms with Gasteiger partial charge in [0, 0.05) is 24.4 Å². The fraction of sp³-hybridized carbons (Fsp3) is 0.500. The van der Waals surface area contributed by atoms with Crippen LogP contribution in [-0.2, 0) is 4.79 Å². The molecule has 4 nitrogen and oxygen atoms in total. The van der Waals surface area contributed by atoms with Crippen LogP contribution < -0.4 is 11.2 Å². The summed E-state index contributed by atoms with van der Waals surface area (Å²) in [6.07, 6.45) is 4.69. The van der Waals surface area contributed by atoms with Crippen molar-refractivity contribution in [3.63, 3.8) is 0 Å². The number of hydrogen-bond acceptors (Lipinski definition) is 2. The molecule has 0 aliphatic heterocycles. The third-order valence-corrected chi connectivity index (χ3v) is 1.85. The van der Waals surface area contributed by atoms with Crippen LogP contribution >= 0.6 is 0 Å².